The van der Waals surface area contributed by atoms with Crippen molar-refractivity contribution in [3.63, 3.8) is 0 Å². The van der Waals surface area contributed by atoms with E-state index in [0.717, 1.165) is 0 Å². The van der Waals surface area contributed by atoms with Crippen LogP contribution in [-0.2, 0) is 4.79 Å². The van der Waals surface area contributed by atoms with E-state index in [1.54, 1.807) is 30.3 Å². The summed E-state index contributed by atoms with van der Waals surface area (Å²) < 4.78 is 13.0. The maximum Gasteiger partial charge on any atom is 0.253 e. The van der Waals surface area contributed by atoms with Gasteiger partial charge in [0.1, 0.15) is 5.82 Å². The fourth-order valence-electron chi connectivity index (χ4n) is 1.67. The molecule has 0 aliphatic rings. The molecule has 6 heteroatoms. The quantitative estimate of drug-likeness (QED) is 0.912. The summed E-state index contributed by atoms with van der Waals surface area (Å²) in [5.41, 5.74) is 0.615. The van der Waals surface area contributed by atoms with E-state index >= 15 is 0 Å². The summed E-state index contributed by atoms with van der Waals surface area (Å²) in [6.07, 6.45) is 0. The van der Waals surface area contributed by atoms with Crippen LogP contribution in [0.1, 0.15) is 10.4 Å². The Balaban J connectivity index is 1.90. The standard InChI is InChI=1S/C15H12ClFN2O2/c16-13-7-2-1-6-12(13)15(21)18-9-14(20)19-11-5-3-4-10(17)8-11/h1-8H,9H2,(H,18,21)(H,19,20). The van der Waals surface area contributed by atoms with E-state index in [9.17, 15) is 14.0 Å². The highest BCUT2D eigenvalue weighted by Gasteiger charge is 2.11. The molecule has 21 heavy (non-hydrogen) atoms. The number of hydrogen-bond donors (Lipinski definition) is 2. The Morgan fingerprint density at radius 3 is 2.57 bits per heavy atom. The van der Waals surface area contributed by atoms with Crippen molar-refractivity contribution in [3.8, 4) is 0 Å². The third kappa shape index (κ3) is 4.29. The van der Waals surface area contributed by atoms with Crippen LogP contribution >= 0.6 is 11.6 Å². The summed E-state index contributed by atoms with van der Waals surface area (Å²) in [5, 5.41) is 5.23. The van der Waals surface area contributed by atoms with Crippen molar-refractivity contribution in [1.82, 2.24) is 5.32 Å². The van der Waals surface area contributed by atoms with Gasteiger partial charge in [-0.3, -0.25) is 9.59 Å². The first-order valence-corrected chi connectivity index (χ1v) is 6.52. The molecule has 108 valence electrons. The van der Waals surface area contributed by atoms with Crippen molar-refractivity contribution in [2.75, 3.05) is 11.9 Å². The topological polar surface area (TPSA) is 58.2 Å². The molecule has 0 aromatic heterocycles. The second kappa shape index (κ2) is 6.85. The monoisotopic (exact) mass is 306 g/mol. The van der Waals surface area contributed by atoms with Crippen molar-refractivity contribution in [3.05, 3.63) is 64.9 Å². The first kappa shape index (κ1) is 15.0. The molecular weight excluding hydrogens is 295 g/mol. The van der Waals surface area contributed by atoms with Gasteiger partial charge in [-0.05, 0) is 30.3 Å². The van der Waals surface area contributed by atoms with Gasteiger partial charge in [0.05, 0.1) is 17.1 Å². The van der Waals surface area contributed by atoms with Gasteiger partial charge in [0.2, 0.25) is 5.91 Å². The highest BCUT2D eigenvalue weighted by Crippen LogP contribution is 2.14. The first-order valence-electron chi connectivity index (χ1n) is 6.14. The fraction of sp³-hybridized carbons (Fsp3) is 0.0667. The summed E-state index contributed by atoms with van der Waals surface area (Å²) in [6.45, 7) is -0.236. The molecule has 2 aromatic carbocycles. The minimum Gasteiger partial charge on any atom is -0.343 e. The predicted octanol–water partition coefficient (Wildman–Crippen LogP) is 2.85. The van der Waals surface area contributed by atoms with Crippen molar-refractivity contribution >= 4 is 29.1 Å². The molecule has 0 unspecified atom stereocenters. The summed E-state index contributed by atoms with van der Waals surface area (Å²) in [7, 11) is 0. The van der Waals surface area contributed by atoms with Crippen LogP contribution in [0.3, 0.4) is 0 Å². The molecule has 2 amide bonds. The Bertz CT molecular complexity index is 676. The Hall–Kier alpha value is -2.40. The smallest absolute Gasteiger partial charge is 0.253 e. The number of anilines is 1. The third-order valence-electron chi connectivity index (χ3n) is 2.64. The molecule has 0 heterocycles. The van der Waals surface area contributed by atoms with E-state index in [0.29, 0.717) is 10.7 Å². The van der Waals surface area contributed by atoms with Gasteiger partial charge >= 0.3 is 0 Å². The first-order chi connectivity index (χ1) is 10.1. The number of benzene rings is 2. The van der Waals surface area contributed by atoms with Crippen molar-refractivity contribution < 1.29 is 14.0 Å². The number of nitrogens with one attached hydrogen (secondary N) is 2. The maximum atomic E-state index is 13.0. The van der Waals surface area contributed by atoms with Gasteiger partial charge in [0, 0.05) is 5.69 Å². The third-order valence-corrected chi connectivity index (χ3v) is 2.97. The zero-order valence-corrected chi connectivity index (χ0v) is 11.7. The summed E-state index contributed by atoms with van der Waals surface area (Å²) in [4.78, 5) is 23.5. The molecule has 4 nitrogen and oxygen atoms in total. The van der Waals surface area contributed by atoms with Crippen LogP contribution in [0.4, 0.5) is 10.1 Å². The molecule has 2 rings (SSSR count). The normalized spacial score (nSPS) is 10.0. The number of amides is 2. The van der Waals surface area contributed by atoms with Crippen LogP contribution in [0.25, 0.3) is 0 Å². The van der Waals surface area contributed by atoms with E-state index < -0.39 is 17.6 Å². The van der Waals surface area contributed by atoms with Crippen molar-refractivity contribution in [2.45, 2.75) is 0 Å². The van der Waals surface area contributed by atoms with Crippen LogP contribution in [-0.4, -0.2) is 18.4 Å². The lowest BCUT2D eigenvalue weighted by Crippen LogP contribution is -2.33. The van der Waals surface area contributed by atoms with E-state index in [-0.39, 0.29) is 12.1 Å². The maximum absolute atomic E-state index is 13.0. The molecule has 0 bridgehead atoms. The van der Waals surface area contributed by atoms with Crippen LogP contribution < -0.4 is 10.6 Å². The molecule has 0 atom stereocenters. The lowest BCUT2D eigenvalue weighted by atomic mass is 10.2. The molecule has 0 aliphatic heterocycles. The number of rotatable bonds is 4. The van der Waals surface area contributed by atoms with E-state index in [2.05, 4.69) is 10.6 Å². The van der Waals surface area contributed by atoms with Crippen molar-refractivity contribution in [1.29, 1.82) is 0 Å². The van der Waals surface area contributed by atoms with E-state index in [4.69, 9.17) is 11.6 Å². The zero-order valence-electron chi connectivity index (χ0n) is 10.9. The Morgan fingerprint density at radius 1 is 1.10 bits per heavy atom. The van der Waals surface area contributed by atoms with E-state index in [1.165, 1.54) is 18.2 Å². The average molecular weight is 307 g/mol. The molecular formula is C15H12ClFN2O2. The van der Waals surface area contributed by atoms with Gasteiger partial charge in [0.25, 0.3) is 5.91 Å². The molecule has 0 aliphatic carbocycles. The number of hydrogen-bond acceptors (Lipinski definition) is 2. The van der Waals surface area contributed by atoms with Gasteiger partial charge in [-0.2, -0.15) is 0 Å². The lowest BCUT2D eigenvalue weighted by molar-refractivity contribution is -0.115. The predicted molar refractivity (Wildman–Crippen MR) is 78.8 cm³/mol. The number of carbonyl (C=O) groups excluding carboxylic acids is 2. The molecule has 0 spiro atoms. The zero-order chi connectivity index (χ0) is 15.2. The molecule has 0 radical (unpaired) electrons. The molecule has 2 N–H and O–H groups in total. The minimum atomic E-state index is -0.457. The second-order valence-corrected chi connectivity index (χ2v) is 4.63. The summed E-state index contributed by atoms with van der Waals surface area (Å²) >= 11 is 5.88. The highest BCUT2D eigenvalue weighted by molar-refractivity contribution is 6.33. The molecule has 2 aromatic rings. The van der Waals surface area contributed by atoms with Gasteiger partial charge < -0.3 is 10.6 Å². The molecule has 0 saturated heterocycles. The van der Waals surface area contributed by atoms with Gasteiger partial charge in [-0.1, -0.05) is 29.8 Å². The highest BCUT2D eigenvalue weighted by atomic mass is 35.5. The molecule has 0 fully saturated rings. The van der Waals surface area contributed by atoms with Crippen molar-refractivity contribution in [2.24, 2.45) is 0 Å². The lowest BCUT2D eigenvalue weighted by Gasteiger charge is -2.08. The van der Waals surface area contributed by atoms with Gasteiger partial charge in [-0.25, -0.2) is 4.39 Å². The average Bonchev–Trinajstić information content (AvgIpc) is 2.45. The Labute approximate surface area is 125 Å². The number of halogens is 2. The minimum absolute atomic E-state index is 0.236. The van der Waals surface area contributed by atoms with Gasteiger partial charge in [0.15, 0.2) is 0 Å². The largest absolute Gasteiger partial charge is 0.343 e. The van der Waals surface area contributed by atoms with Crippen LogP contribution in [0.15, 0.2) is 48.5 Å². The summed E-state index contributed by atoms with van der Waals surface area (Å²) in [5.74, 6) is -1.36. The fourth-order valence-corrected chi connectivity index (χ4v) is 1.89. The van der Waals surface area contributed by atoms with E-state index in [1.807, 2.05) is 0 Å². The number of carbonyl (C=O) groups is 2. The van der Waals surface area contributed by atoms with Crippen LogP contribution in [0.2, 0.25) is 5.02 Å². The SMILES string of the molecule is O=C(CNC(=O)c1ccccc1Cl)Nc1cccc(F)c1. The Kier molecular flexibility index (Phi) is 4.90. The summed E-state index contributed by atoms with van der Waals surface area (Å²) in [6, 6.07) is 12.0. The second-order valence-electron chi connectivity index (χ2n) is 4.22. The van der Waals surface area contributed by atoms with Crippen LogP contribution in [0, 0.1) is 5.82 Å². The molecule has 0 saturated carbocycles. The van der Waals surface area contributed by atoms with Gasteiger partial charge in [-0.15, -0.1) is 0 Å². The van der Waals surface area contributed by atoms with Crippen LogP contribution in [0.5, 0.6) is 0 Å². The Morgan fingerprint density at radius 2 is 1.86 bits per heavy atom.